The highest BCUT2D eigenvalue weighted by Crippen LogP contribution is 2.30. The number of nitrogens with two attached hydrogens (primary N) is 1. The van der Waals surface area contributed by atoms with Crippen LogP contribution in [-0.4, -0.2) is 11.8 Å². The van der Waals surface area contributed by atoms with E-state index >= 15 is 0 Å². The normalized spacial score (nSPS) is 16.1. The van der Waals surface area contributed by atoms with Gasteiger partial charge in [-0.2, -0.15) is 11.8 Å². The first kappa shape index (κ1) is 13.5. The van der Waals surface area contributed by atoms with Crippen molar-refractivity contribution in [1.82, 2.24) is 0 Å². The molecule has 1 aromatic rings. The fourth-order valence-electron chi connectivity index (χ4n) is 2.28. The van der Waals surface area contributed by atoms with Crippen LogP contribution in [-0.2, 0) is 5.75 Å². The Balaban J connectivity index is 1.82. The molecule has 1 fully saturated rings. The summed E-state index contributed by atoms with van der Waals surface area (Å²) in [6.45, 7) is 0.430. The third kappa shape index (κ3) is 4.40. The van der Waals surface area contributed by atoms with Gasteiger partial charge in [-0.25, -0.2) is 0 Å². The molecule has 0 radical (unpaired) electrons. The van der Waals surface area contributed by atoms with Crippen molar-refractivity contribution < 1.29 is 0 Å². The summed E-state index contributed by atoms with van der Waals surface area (Å²) in [5, 5.41) is 0.885. The van der Waals surface area contributed by atoms with Crippen LogP contribution in [0, 0.1) is 11.8 Å². The molecule has 0 unspecified atom stereocenters. The van der Waals surface area contributed by atoms with Gasteiger partial charge in [0.25, 0.3) is 0 Å². The van der Waals surface area contributed by atoms with Crippen molar-refractivity contribution in [3.05, 3.63) is 35.4 Å². The van der Waals surface area contributed by atoms with Crippen molar-refractivity contribution in [1.29, 1.82) is 0 Å². The van der Waals surface area contributed by atoms with E-state index < -0.39 is 0 Å². The first-order chi connectivity index (χ1) is 8.88. The van der Waals surface area contributed by atoms with Crippen LogP contribution in [0.2, 0.25) is 0 Å². The van der Waals surface area contributed by atoms with E-state index in [1.54, 1.807) is 0 Å². The molecule has 0 atom stereocenters. The van der Waals surface area contributed by atoms with E-state index in [0.717, 1.165) is 16.6 Å². The van der Waals surface area contributed by atoms with Crippen molar-refractivity contribution in [2.45, 2.75) is 43.1 Å². The van der Waals surface area contributed by atoms with Gasteiger partial charge >= 0.3 is 0 Å². The van der Waals surface area contributed by atoms with Crippen LogP contribution in [0.25, 0.3) is 0 Å². The highest BCUT2D eigenvalue weighted by atomic mass is 32.2. The summed E-state index contributed by atoms with van der Waals surface area (Å²) in [6, 6.07) is 8.57. The summed E-state index contributed by atoms with van der Waals surface area (Å²) in [5.41, 5.74) is 7.83. The molecular weight excluding hydrogens is 238 g/mol. The molecule has 1 aliphatic carbocycles. The lowest BCUT2D eigenvalue weighted by atomic mass is 10.0. The zero-order valence-electron chi connectivity index (χ0n) is 10.8. The molecule has 0 aromatic heterocycles. The van der Waals surface area contributed by atoms with Crippen LogP contribution in [0.15, 0.2) is 24.3 Å². The second kappa shape index (κ2) is 7.51. The average Bonchev–Trinajstić information content (AvgIpc) is 2.45. The van der Waals surface area contributed by atoms with Crippen LogP contribution in [0.1, 0.15) is 43.2 Å². The highest BCUT2D eigenvalue weighted by molar-refractivity contribution is 7.99. The average molecular weight is 259 g/mol. The standard InChI is InChI=1S/C16H21NS/c17-12-4-5-14-8-10-15(11-9-14)13-18-16-6-2-1-3-7-16/h8-11,16H,1-3,6-7,12-13,17H2. The summed E-state index contributed by atoms with van der Waals surface area (Å²) in [4.78, 5) is 0. The van der Waals surface area contributed by atoms with Gasteiger partial charge in [-0.3, -0.25) is 0 Å². The monoisotopic (exact) mass is 259 g/mol. The maximum Gasteiger partial charge on any atom is 0.0555 e. The summed E-state index contributed by atoms with van der Waals surface area (Å²) in [5.74, 6) is 7.07. The summed E-state index contributed by atoms with van der Waals surface area (Å²) < 4.78 is 0. The highest BCUT2D eigenvalue weighted by Gasteiger charge is 2.13. The zero-order chi connectivity index (χ0) is 12.6. The van der Waals surface area contributed by atoms with Gasteiger partial charge in [0, 0.05) is 16.6 Å². The fraction of sp³-hybridized carbons (Fsp3) is 0.500. The van der Waals surface area contributed by atoms with Crippen molar-refractivity contribution in [3.63, 3.8) is 0 Å². The van der Waals surface area contributed by atoms with E-state index in [4.69, 9.17) is 5.73 Å². The lowest BCUT2D eigenvalue weighted by Gasteiger charge is -2.20. The predicted octanol–water partition coefficient (Wildman–Crippen LogP) is 3.56. The maximum atomic E-state index is 5.36. The number of hydrogen-bond donors (Lipinski definition) is 1. The second-order valence-electron chi connectivity index (χ2n) is 4.77. The number of thioether (sulfide) groups is 1. The van der Waals surface area contributed by atoms with Gasteiger partial charge in [-0.1, -0.05) is 43.2 Å². The zero-order valence-corrected chi connectivity index (χ0v) is 11.6. The van der Waals surface area contributed by atoms with Crippen molar-refractivity contribution >= 4 is 11.8 Å². The van der Waals surface area contributed by atoms with Gasteiger partial charge < -0.3 is 5.73 Å². The van der Waals surface area contributed by atoms with Crippen LogP contribution >= 0.6 is 11.8 Å². The third-order valence-corrected chi connectivity index (χ3v) is 4.77. The Morgan fingerprint density at radius 1 is 1.11 bits per heavy atom. The molecule has 0 spiro atoms. The van der Waals surface area contributed by atoms with Crippen molar-refractivity contribution in [2.75, 3.05) is 6.54 Å². The minimum atomic E-state index is 0.430. The van der Waals surface area contributed by atoms with E-state index in [2.05, 4.69) is 47.9 Å². The molecule has 1 nitrogen and oxygen atoms in total. The molecule has 2 heteroatoms. The molecule has 96 valence electrons. The van der Waals surface area contributed by atoms with Crippen molar-refractivity contribution in [2.24, 2.45) is 5.73 Å². The molecule has 2 N–H and O–H groups in total. The third-order valence-electron chi connectivity index (χ3n) is 3.33. The van der Waals surface area contributed by atoms with Crippen LogP contribution in [0.4, 0.5) is 0 Å². The van der Waals surface area contributed by atoms with E-state index in [1.165, 1.54) is 37.7 Å². The van der Waals surface area contributed by atoms with Crippen LogP contribution in [0.5, 0.6) is 0 Å². The quantitative estimate of drug-likeness (QED) is 0.840. The molecule has 0 saturated heterocycles. The van der Waals surface area contributed by atoms with Gasteiger partial charge in [0.2, 0.25) is 0 Å². The van der Waals surface area contributed by atoms with Crippen molar-refractivity contribution in [3.8, 4) is 11.8 Å². The Labute approximate surface area is 115 Å². The predicted molar refractivity (Wildman–Crippen MR) is 80.5 cm³/mol. The molecule has 0 heterocycles. The minimum Gasteiger partial charge on any atom is -0.320 e. The maximum absolute atomic E-state index is 5.36. The number of benzene rings is 1. The molecule has 1 aliphatic rings. The largest absolute Gasteiger partial charge is 0.320 e. The topological polar surface area (TPSA) is 26.0 Å². The molecule has 0 amide bonds. The van der Waals surface area contributed by atoms with E-state index in [1.807, 2.05) is 0 Å². The Kier molecular flexibility index (Phi) is 5.64. The molecule has 1 aromatic carbocycles. The fourth-order valence-corrected chi connectivity index (χ4v) is 3.57. The Bertz CT molecular complexity index is 407. The number of rotatable bonds is 3. The molecule has 2 rings (SSSR count). The lowest BCUT2D eigenvalue weighted by molar-refractivity contribution is 0.516. The first-order valence-corrected chi connectivity index (χ1v) is 7.83. The molecule has 18 heavy (non-hydrogen) atoms. The van der Waals surface area contributed by atoms with E-state index in [9.17, 15) is 0 Å². The Hall–Kier alpha value is -0.910. The number of hydrogen-bond acceptors (Lipinski definition) is 2. The van der Waals surface area contributed by atoms with E-state index in [0.29, 0.717) is 6.54 Å². The Morgan fingerprint density at radius 2 is 1.83 bits per heavy atom. The van der Waals surface area contributed by atoms with Gasteiger partial charge in [-0.05, 0) is 30.5 Å². The minimum absolute atomic E-state index is 0.430. The first-order valence-electron chi connectivity index (χ1n) is 6.78. The summed E-state index contributed by atoms with van der Waals surface area (Å²) in [6.07, 6.45) is 7.09. The van der Waals surface area contributed by atoms with Gasteiger partial charge in [0.1, 0.15) is 0 Å². The smallest absolute Gasteiger partial charge is 0.0555 e. The van der Waals surface area contributed by atoms with Gasteiger partial charge in [0.15, 0.2) is 0 Å². The van der Waals surface area contributed by atoms with Gasteiger partial charge in [0.05, 0.1) is 6.54 Å². The Morgan fingerprint density at radius 3 is 2.50 bits per heavy atom. The van der Waals surface area contributed by atoms with Crippen LogP contribution < -0.4 is 5.73 Å². The lowest BCUT2D eigenvalue weighted by Crippen LogP contribution is -2.08. The molecule has 0 bridgehead atoms. The van der Waals surface area contributed by atoms with E-state index in [-0.39, 0.29) is 0 Å². The molecule has 0 aliphatic heterocycles. The van der Waals surface area contributed by atoms with Crippen LogP contribution in [0.3, 0.4) is 0 Å². The van der Waals surface area contributed by atoms with Gasteiger partial charge in [-0.15, -0.1) is 0 Å². The second-order valence-corrected chi connectivity index (χ2v) is 6.06. The molecular formula is C16H21NS. The summed E-state index contributed by atoms with van der Waals surface area (Å²) >= 11 is 2.12. The SMILES string of the molecule is NCC#Cc1ccc(CSC2CCCCC2)cc1. The summed E-state index contributed by atoms with van der Waals surface area (Å²) in [7, 11) is 0. The molecule has 1 saturated carbocycles.